The molecule has 0 bridgehead atoms. The summed E-state index contributed by atoms with van der Waals surface area (Å²) in [7, 11) is -3.73. The Morgan fingerprint density at radius 2 is 1.68 bits per heavy atom. The van der Waals surface area contributed by atoms with Gasteiger partial charge in [0.1, 0.15) is 12.6 Å². The highest BCUT2D eigenvalue weighted by Gasteiger charge is 2.31. The molecular formula is C26H37N3O4S. The van der Waals surface area contributed by atoms with Gasteiger partial charge in [-0.05, 0) is 49.9 Å². The molecule has 186 valence electrons. The molecule has 0 saturated heterocycles. The van der Waals surface area contributed by atoms with Crippen LogP contribution in [0.15, 0.2) is 48.5 Å². The van der Waals surface area contributed by atoms with Crippen LogP contribution in [-0.4, -0.2) is 50.5 Å². The van der Waals surface area contributed by atoms with Crippen LogP contribution in [0.25, 0.3) is 0 Å². The molecule has 8 heteroatoms. The topological polar surface area (TPSA) is 86.8 Å². The van der Waals surface area contributed by atoms with Gasteiger partial charge in [-0.15, -0.1) is 0 Å². The quantitative estimate of drug-likeness (QED) is 0.462. The first-order valence-corrected chi connectivity index (χ1v) is 13.6. The third kappa shape index (κ3) is 7.87. The Labute approximate surface area is 204 Å². The van der Waals surface area contributed by atoms with E-state index >= 15 is 0 Å². The molecule has 0 aliphatic heterocycles. The Morgan fingerprint density at radius 1 is 1.00 bits per heavy atom. The van der Waals surface area contributed by atoms with E-state index < -0.39 is 22.0 Å². The van der Waals surface area contributed by atoms with E-state index in [1.54, 1.807) is 18.2 Å². The lowest BCUT2D eigenvalue weighted by Crippen LogP contribution is -2.52. The van der Waals surface area contributed by atoms with Gasteiger partial charge in [0, 0.05) is 13.1 Å². The number of unbranched alkanes of at least 4 members (excludes halogenated alkanes) is 1. The van der Waals surface area contributed by atoms with E-state index in [0.29, 0.717) is 18.7 Å². The number of nitrogens with one attached hydrogen (secondary N) is 1. The van der Waals surface area contributed by atoms with E-state index in [2.05, 4.69) is 5.32 Å². The normalized spacial score (nSPS) is 12.1. The Kier molecular flexibility index (Phi) is 10.1. The minimum atomic E-state index is -3.73. The van der Waals surface area contributed by atoms with E-state index in [1.165, 1.54) is 4.90 Å². The number of rotatable bonds is 12. The van der Waals surface area contributed by atoms with Gasteiger partial charge in [0.2, 0.25) is 21.8 Å². The first kappa shape index (κ1) is 27.4. The van der Waals surface area contributed by atoms with Crippen molar-refractivity contribution in [3.8, 4) is 0 Å². The Balaban J connectivity index is 2.39. The fourth-order valence-electron chi connectivity index (χ4n) is 3.71. The highest BCUT2D eigenvalue weighted by atomic mass is 32.2. The molecule has 0 heterocycles. The van der Waals surface area contributed by atoms with Gasteiger partial charge in [-0.1, -0.05) is 62.2 Å². The maximum Gasteiger partial charge on any atom is 0.244 e. The van der Waals surface area contributed by atoms with Gasteiger partial charge in [-0.25, -0.2) is 8.42 Å². The lowest BCUT2D eigenvalue weighted by atomic mass is 10.1. The first-order valence-electron chi connectivity index (χ1n) is 11.7. The van der Waals surface area contributed by atoms with Crippen LogP contribution in [0.1, 0.15) is 49.8 Å². The van der Waals surface area contributed by atoms with Crippen molar-refractivity contribution in [1.82, 2.24) is 10.2 Å². The van der Waals surface area contributed by atoms with Crippen LogP contribution in [0.5, 0.6) is 0 Å². The highest BCUT2D eigenvalue weighted by Crippen LogP contribution is 2.21. The van der Waals surface area contributed by atoms with Gasteiger partial charge in [0.25, 0.3) is 0 Å². The second-order valence-corrected chi connectivity index (χ2v) is 10.6. The molecule has 2 rings (SSSR count). The average molecular weight is 488 g/mol. The molecule has 2 aromatic carbocycles. The van der Waals surface area contributed by atoms with Crippen molar-refractivity contribution >= 4 is 27.5 Å². The molecule has 0 aliphatic rings. The standard InChI is InChI=1S/C26H37N3O4S/c1-6-8-16-27-26(31)24(7-2)28(18-22-14-12-20(3)13-15-22)25(30)19-29(34(5,32)33)23-11-9-10-21(4)17-23/h9-15,17,24H,6-8,16,18-19H2,1-5H3,(H,27,31)/t24-/m1/s1. The average Bonchev–Trinajstić information content (AvgIpc) is 2.78. The van der Waals surface area contributed by atoms with Gasteiger partial charge in [0.05, 0.1) is 11.9 Å². The van der Waals surface area contributed by atoms with Crippen molar-refractivity contribution in [3.63, 3.8) is 0 Å². The summed E-state index contributed by atoms with van der Waals surface area (Å²) < 4.78 is 26.3. The van der Waals surface area contributed by atoms with Crippen LogP contribution in [0.4, 0.5) is 5.69 Å². The molecule has 0 spiro atoms. The lowest BCUT2D eigenvalue weighted by Gasteiger charge is -2.33. The monoisotopic (exact) mass is 487 g/mol. The van der Waals surface area contributed by atoms with Crippen LogP contribution >= 0.6 is 0 Å². The number of benzene rings is 2. The van der Waals surface area contributed by atoms with Crippen LogP contribution < -0.4 is 9.62 Å². The summed E-state index contributed by atoms with van der Waals surface area (Å²) in [5, 5.41) is 2.92. The van der Waals surface area contributed by atoms with Crippen molar-refractivity contribution in [2.75, 3.05) is 23.7 Å². The highest BCUT2D eigenvalue weighted by molar-refractivity contribution is 7.92. The van der Waals surface area contributed by atoms with Crippen molar-refractivity contribution in [1.29, 1.82) is 0 Å². The molecule has 2 amide bonds. The number of hydrogen-bond acceptors (Lipinski definition) is 4. The predicted octanol–water partition coefficient (Wildman–Crippen LogP) is 3.79. The van der Waals surface area contributed by atoms with Gasteiger partial charge in [0.15, 0.2) is 0 Å². The Morgan fingerprint density at radius 3 is 2.24 bits per heavy atom. The number of anilines is 1. The fraction of sp³-hybridized carbons (Fsp3) is 0.462. The zero-order chi connectivity index (χ0) is 25.3. The Hall–Kier alpha value is -2.87. The van der Waals surface area contributed by atoms with E-state index in [-0.39, 0.29) is 19.0 Å². The SMILES string of the molecule is CCCCNC(=O)[C@@H](CC)N(Cc1ccc(C)cc1)C(=O)CN(c1cccc(C)c1)S(C)(=O)=O. The van der Waals surface area contributed by atoms with Crippen molar-refractivity contribution in [3.05, 3.63) is 65.2 Å². The zero-order valence-electron chi connectivity index (χ0n) is 20.9. The third-order valence-corrected chi connectivity index (χ3v) is 6.80. The van der Waals surface area contributed by atoms with Crippen LogP contribution in [0, 0.1) is 13.8 Å². The molecule has 34 heavy (non-hydrogen) atoms. The molecule has 0 saturated carbocycles. The molecule has 0 radical (unpaired) electrons. The summed E-state index contributed by atoms with van der Waals surface area (Å²) in [6.45, 7) is 8.11. The number of amides is 2. The Bertz CT molecular complexity index is 1070. The van der Waals surface area contributed by atoms with Gasteiger partial charge < -0.3 is 10.2 Å². The number of sulfonamides is 1. The summed E-state index contributed by atoms with van der Waals surface area (Å²) in [6.07, 6.45) is 3.30. The molecule has 1 atom stereocenters. The fourth-order valence-corrected chi connectivity index (χ4v) is 4.55. The summed E-state index contributed by atoms with van der Waals surface area (Å²) >= 11 is 0. The predicted molar refractivity (Wildman–Crippen MR) is 137 cm³/mol. The maximum absolute atomic E-state index is 13.6. The molecule has 0 fully saturated rings. The number of aryl methyl sites for hydroxylation is 2. The van der Waals surface area contributed by atoms with Crippen LogP contribution in [-0.2, 0) is 26.2 Å². The minimum Gasteiger partial charge on any atom is -0.354 e. The largest absolute Gasteiger partial charge is 0.354 e. The minimum absolute atomic E-state index is 0.213. The van der Waals surface area contributed by atoms with Gasteiger partial charge in [-0.2, -0.15) is 0 Å². The van der Waals surface area contributed by atoms with E-state index in [9.17, 15) is 18.0 Å². The first-order chi connectivity index (χ1) is 16.1. The smallest absolute Gasteiger partial charge is 0.244 e. The third-order valence-electron chi connectivity index (χ3n) is 5.66. The number of hydrogen-bond donors (Lipinski definition) is 1. The summed E-state index contributed by atoms with van der Waals surface area (Å²) in [4.78, 5) is 28.1. The molecular weight excluding hydrogens is 450 g/mol. The molecule has 0 aromatic heterocycles. The second-order valence-electron chi connectivity index (χ2n) is 8.68. The van der Waals surface area contributed by atoms with Gasteiger partial charge >= 0.3 is 0 Å². The molecule has 0 unspecified atom stereocenters. The van der Waals surface area contributed by atoms with Crippen molar-refractivity contribution < 1.29 is 18.0 Å². The lowest BCUT2D eigenvalue weighted by molar-refractivity contribution is -0.140. The van der Waals surface area contributed by atoms with Crippen LogP contribution in [0.3, 0.4) is 0 Å². The zero-order valence-corrected chi connectivity index (χ0v) is 21.7. The summed E-state index contributed by atoms with van der Waals surface area (Å²) in [6, 6.07) is 14.1. The summed E-state index contributed by atoms with van der Waals surface area (Å²) in [5.41, 5.74) is 3.28. The van der Waals surface area contributed by atoms with Crippen molar-refractivity contribution in [2.24, 2.45) is 0 Å². The van der Waals surface area contributed by atoms with E-state index in [1.807, 2.05) is 58.0 Å². The molecule has 7 nitrogen and oxygen atoms in total. The van der Waals surface area contributed by atoms with E-state index in [4.69, 9.17) is 0 Å². The number of carbonyl (C=O) groups is 2. The number of carbonyl (C=O) groups excluding carboxylic acids is 2. The summed E-state index contributed by atoms with van der Waals surface area (Å²) in [5.74, 6) is -0.650. The second kappa shape index (κ2) is 12.6. The van der Waals surface area contributed by atoms with Crippen molar-refractivity contribution in [2.45, 2.75) is 59.5 Å². The number of nitrogens with zero attached hydrogens (tertiary/aromatic N) is 2. The van der Waals surface area contributed by atoms with E-state index in [0.717, 1.165) is 40.1 Å². The molecule has 1 N–H and O–H groups in total. The van der Waals surface area contributed by atoms with Crippen LogP contribution in [0.2, 0.25) is 0 Å². The maximum atomic E-state index is 13.6. The molecule has 0 aliphatic carbocycles. The molecule has 2 aromatic rings. The van der Waals surface area contributed by atoms with Gasteiger partial charge in [-0.3, -0.25) is 13.9 Å².